The van der Waals surface area contributed by atoms with Crippen molar-refractivity contribution in [3.05, 3.63) is 33.8 Å². The van der Waals surface area contributed by atoms with E-state index >= 15 is 0 Å². The Morgan fingerprint density at radius 1 is 1.00 bits per heavy atom. The van der Waals surface area contributed by atoms with Crippen molar-refractivity contribution in [3.63, 3.8) is 0 Å². The van der Waals surface area contributed by atoms with Gasteiger partial charge in [-0.15, -0.1) is 0 Å². The number of carbonyl (C=O) groups excluding carboxylic acids is 2. The quantitative estimate of drug-likeness (QED) is 0.737. The summed E-state index contributed by atoms with van der Waals surface area (Å²) in [6, 6.07) is 5.56. The Morgan fingerprint density at radius 2 is 1.57 bits per heavy atom. The number of ether oxygens (including phenoxy) is 1. The summed E-state index contributed by atoms with van der Waals surface area (Å²) in [5, 5.41) is 1.37. The van der Waals surface area contributed by atoms with Gasteiger partial charge in [-0.05, 0) is 45.0 Å². The topological polar surface area (TPSA) is 53.1 Å². The molecule has 0 spiro atoms. The highest BCUT2D eigenvalue weighted by molar-refractivity contribution is 6.35. The lowest BCUT2D eigenvalue weighted by Crippen LogP contribution is -2.53. The molecule has 0 unspecified atom stereocenters. The Bertz CT molecular complexity index is 680. The molecular formula is C20H27Cl2N3O3. The molecule has 2 heterocycles. The van der Waals surface area contributed by atoms with Crippen molar-refractivity contribution in [2.45, 2.75) is 26.3 Å². The van der Waals surface area contributed by atoms with Gasteiger partial charge in [0, 0.05) is 54.3 Å². The van der Waals surface area contributed by atoms with E-state index in [4.69, 9.17) is 27.9 Å². The van der Waals surface area contributed by atoms with E-state index in [0.29, 0.717) is 49.4 Å². The van der Waals surface area contributed by atoms with Gasteiger partial charge in [0.15, 0.2) is 0 Å². The molecule has 0 aliphatic carbocycles. The summed E-state index contributed by atoms with van der Waals surface area (Å²) in [5.74, 6) is 0.256. The third kappa shape index (κ3) is 5.10. The van der Waals surface area contributed by atoms with Crippen molar-refractivity contribution >= 4 is 35.2 Å². The fourth-order valence-corrected chi connectivity index (χ4v) is 4.34. The van der Waals surface area contributed by atoms with Crippen LogP contribution < -0.4 is 0 Å². The third-order valence-electron chi connectivity index (χ3n) is 5.50. The van der Waals surface area contributed by atoms with Crippen molar-refractivity contribution in [2.75, 3.05) is 45.9 Å². The largest absolute Gasteiger partial charge is 0.450 e. The second kappa shape index (κ2) is 9.81. The van der Waals surface area contributed by atoms with Crippen LogP contribution in [0.1, 0.15) is 25.3 Å². The van der Waals surface area contributed by atoms with Crippen LogP contribution in [0.15, 0.2) is 18.2 Å². The number of benzene rings is 1. The van der Waals surface area contributed by atoms with E-state index in [2.05, 4.69) is 4.90 Å². The molecule has 2 fully saturated rings. The van der Waals surface area contributed by atoms with E-state index in [-0.39, 0.29) is 17.9 Å². The first-order valence-electron chi connectivity index (χ1n) is 9.85. The van der Waals surface area contributed by atoms with Gasteiger partial charge in [-0.3, -0.25) is 9.69 Å². The number of halogens is 2. The van der Waals surface area contributed by atoms with Gasteiger partial charge in [0.25, 0.3) is 0 Å². The number of carbonyl (C=O) groups is 2. The van der Waals surface area contributed by atoms with Crippen LogP contribution >= 0.6 is 23.2 Å². The van der Waals surface area contributed by atoms with Gasteiger partial charge in [-0.25, -0.2) is 4.79 Å². The molecule has 0 radical (unpaired) electrons. The molecule has 0 bridgehead atoms. The van der Waals surface area contributed by atoms with Gasteiger partial charge < -0.3 is 14.5 Å². The number of hydrogen-bond donors (Lipinski definition) is 0. The lowest BCUT2D eigenvalue weighted by molar-refractivity contribution is -0.138. The van der Waals surface area contributed by atoms with Gasteiger partial charge >= 0.3 is 6.09 Å². The third-order valence-corrected chi connectivity index (χ3v) is 6.21. The summed E-state index contributed by atoms with van der Waals surface area (Å²) in [7, 11) is 0. The monoisotopic (exact) mass is 427 g/mol. The summed E-state index contributed by atoms with van der Waals surface area (Å²) in [6.07, 6.45) is 1.37. The molecule has 0 aromatic heterocycles. The molecule has 0 N–H and O–H groups in total. The normalized spacial score (nSPS) is 19.0. The Kier molecular flexibility index (Phi) is 7.43. The maximum absolute atomic E-state index is 12.9. The van der Waals surface area contributed by atoms with Gasteiger partial charge in [-0.1, -0.05) is 29.3 Å². The highest BCUT2D eigenvalue weighted by Crippen LogP contribution is 2.28. The molecular weight excluding hydrogens is 401 g/mol. The zero-order valence-electron chi connectivity index (χ0n) is 16.2. The molecule has 1 aromatic rings. The van der Waals surface area contributed by atoms with Gasteiger partial charge in [0.2, 0.25) is 5.91 Å². The number of nitrogens with zero attached hydrogens (tertiary/aromatic N) is 3. The number of likely N-dealkylation sites (tertiary alicyclic amines) is 1. The van der Waals surface area contributed by atoms with E-state index in [1.54, 1.807) is 11.8 Å². The van der Waals surface area contributed by atoms with Crippen LogP contribution in [0.25, 0.3) is 0 Å². The average Bonchev–Trinajstić information content (AvgIpc) is 2.71. The van der Waals surface area contributed by atoms with E-state index in [1.807, 2.05) is 23.1 Å². The van der Waals surface area contributed by atoms with Crippen molar-refractivity contribution in [2.24, 2.45) is 5.92 Å². The SMILES string of the molecule is CCOC(=O)N1CCN(C(=O)C2CCN(Cc3c(Cl)cccc3Cl)CC2)CC1. The second-order valence-electron chi connectivity index (χ2n) is 7.26. The molecule has 2 aliphatic rings. The van der Waals surface area contributed by atoms with Crippen LogP contribution in [0.2, 0.25) is 10.0 Å². The minimum Gasteiger partial charge on any atom is -0.450 e. The maximum atomic E-state index is 12.9. The average molecular weight is 428 g/mol. The van der Waals surface area contributed by atoms with Crippen LogP contribution in [-0.2, 0) is 16.1 Å². The second-order valence-corrected chi connectivity index (χ2v) is 8.08. The van der Waals surface area contributed by atoms with Crippen LogP contribution in [0.3, 0.4) is 0 Å². The summed E-state index contributed by atoms with van der Waals surface area (Å²) in [6.45, 7) is 6.79. The first kappa shape index (κ1) is 21.2. The lowest BCUT2D eigenvalue weighted by Gasteiger charge is -2.38. The first-order valence-corrected chi connectivity index (χ1v) is 10.6. The minimum atomic E-state index is -0.291. The molecule has 1 aromatic carbocycles. The molecule has 2 saturated heterocycles. The molecule has 2 aliphatic heterocycles. The number of piperidine rings is 1. The fraction of sp³-hybridized carbons (Fsp3) is 0.600. The first-order chi connectivity index (χ1) is 13.5. The van der Waals surface area contributed by atoms with Crippen LogP contribution in [0, 0.1) is 5.92 Å². The van der Waals surface area contributed by atoms with Gasteiger partial charge in [0.05, 0.1) is 6.61 Å². The van der Waals surface area contributed by atoms with Gasteiger partial charge in [0.1, 0.15) is 0 Å². The predicted octanol–water partition coefficient (Wildman–Crippen LogP) is 3.51. The molecule has 154 valence electrons. The standard InChI is InChI=1S/C20H27Cl2N3O3/c1-2-28-20(27)25-12-10-24(11-13-25)19(26)15-6-8-23(9-7-15)14-16-17(21)4-3-5-18(16)22/h3-5,15H,2,6-14H2,1H3. The molecule has 28 heavy (non-hydrogen) atoms. The Labute approximate surface area is 176 Å². The van der Waals surface area contributed by atoms with E-state index in [9.17, 15) is 9.59 Å². The smallest absolute Gasteiger partial charge is 0.409 e. The highest BCUT2D eigenvalue weighted by Gasteiger charge is 2.31. The fourth-order valence-electron chi connectivity index (χ4n) is 3.83. The molecule has 6 nitrogen and oxygen atoms in total. The number of amides is 2. The van der Waals surface area contributed by atoms with E-state index in [1.165, 1.54) is 0 Å². The van der Waals surface area contributed by atoms with Crippen molar-refractivity contribution in [3.8, 4) is 0 Å². The van der Waals surface area contributed by atoms with Crippen LogP contribution in [-0.4, -0.2) is 72.6 Å². The van der Waals surface area contributed by atoms with Crippen molar-refractivity contribution < 1.29 is 14.3 Å². The Hall–Kier alpha value is -1.50. The zero-order chi connectivity index (χ0) is 20.1. The Balaban J connectivity index is 1.46. The van der Waals surface area contributed by atoms with Crippen LogP contribution in [0.5, 0.6) is 0 Å². The summed E-state index contributed by atoms with van der Waals surface area (Å²) in [4.78, 5) is 30.5. The molecule has 0 saturated carbocycles. The number of hydrogen-bond acceptors (Lipinski definition) is 4. The van der Waals surface area contributed by atoms with E-state index < -0.39 is 0 Å². The van der Waals surface area contributed by atoms with E-state index in [0.717, 1.165) is 31.5 Å². The maximum Gasteiger partial charge on any atom is 0.409 e. The highest BCUT2D eigenvalue weighted by atomic mass is 35.5. The zero-order valence-corrected chi connectivity index (χ0v) is 17.7. The number of piperazine rings is 1. The van der Waals surface area contributed by atoms with Crippen molar-refractivity contribution in [1.82, 2.24) is 14.7 Å². The molecule has 3 rings (SSSR count). The number of rotatable bonds is 4. The predicted molar refractivity (Wildman–Crippen MR) is 110 cm³/mol. The summed E-state index contributed by atoms with van der Waals surface area (Å²) < 4.78 is 5.03. The lowest BCUT2D eigenvalue weighted by atomic mass is 9.94. The van der Waals surface area contributed by atoms with Crippen LogP contribution in [0.4, 0.5) is 4.79 Å². The Morgan fingerprint density at radius 3 is 2.14 bits per heavy atom. The molecule has 8 heteroatoms. The minimum absolute atomic E-state index is 0.0483. The van der Waals surface area contributed by atoms with Crippen molar-refractivity contribution in [1.29, 1.82) is 0 Å². The van der Waals surface area contributed by atoms with Gasteiger partial charge in [-0.2, -0.15) is 0 Å². The molecule has 2 amide bonds. The molecule has 0 atom stereocenters. The summed E-state index contributed by atoms with van der Waals surface area (Å²) in [5.41, 5.74) is 0.950. The summed E-state index contributed by atoms with van der Waals surface area (Å²) >= 11 is 12.5.